The van der Waals surface area contributed by atoms with Gasteiger partial charge in [-0.15, -0.1) is 11.8 Å². The highest BCUT2D eigenvalue weighted by atomic mass is 32.2. The molecule has 31 heavy (non-hydrogen) atoms. The van der Waals surface area contributed by atoms with Crippen LogP contribution >= 0.6 is 11.8 Å². The average Bonchev–Trinajstić information content (AvgIpc) is 3.33. The van der Waals surface area contributed by atoms with Crippen LogP contribution < -0.4 is 4.90 Å². The predicted molar refractivity (Wildman–Crippen MR) is 116 cm³/mol. The minimum absolute atomic E-state index is 0.198. The molecule has 0 aliphatic carbocycles. The smallest absolute Gasteiger partial charge is 0.268 e. The molecule has 4 nitrogen and oxygen atoms in total. The summed E-state index contributed by atoms with van der Waals surface area (Å²) < 4.78 is 26.7. The molecule has 7 heteroatoms. The highest BCUT2D eigenvalue weighted by Crippen LogP contribution is 2.54. The van der Waals surface area contributed by atoms with E-state index in [-0.39, 0.29) is 24.2 Å². The van der Waals surface area contributed by atoms with Crippen LogP contribution in [0.1, 0.15) is 21.5 Å². The normalized spacial score (nSPS) is 19.9. The van der Waals surface area contributed by atoms with Crippen molar-refractivity contribution >= 4 is 29.3 Å². The Bertz CT molecular complexity index is 1170. The molecular formula is C24H18F2N2O2S. The molecule has 0 aromatic heterocycles. The van der Waals surface area contributed by atoms with E-state index >= 15 is 0 Å². The number of nitrogens with zero attached hydrogens (tertiary/aromatic N) is 2. The number of rotatable bonds is 3. The maximum absolute atomic E-state index is 13.8. The number of thioether (sulfide) groups is 1. The minimum Gasteiger partial charge on any atom is -0.311 e. The average molecular weight is 436 g/mol. The summed E-state index contributed by atoms with van der Waals surface area (Å²) >= 11 is 1.43. The van der Waals surface area contributed by atoms with Gasteiger partial charge in [0.1, 0.15) is 11.6 Å². The number of anilines is 1. The molecule has 2 aliphatic heterocycles. The predicted octanol–water partition coefficient (Wildman–Crippen LogP) is 4.55. The lowest BCUT2D eigenvalue weighted by atomic mass is 10.0. The molecule has 0 bridgehead atoms. The molecule has 1 fully saturated rings. The van der Waals surface area contributed by atoms with Gasteiger partial charge in [-0.25, -0.2) is 8.78 Å². The number of fused-ring (bicyclic) bond motifs is 2. The fourth-order valence-corrected chi connectivity index (χ4v) is 5.71. The summed E-state index contributed by atoms with van der Waals surface area (Å²) in [7, 11) is 0. The first-order valence-corrected chi connectivity index (χ1v) is 10.9. The van der Waals surface area contributed by atoms with Gasteiger partial charge < -0.3 is 9.80 Å². The van der Waals surface area contributed by atoms with Crippen LogP contribution in [0.4, 0.5) is 14.5 Å². The third-order valence-electron chi connectivity index (χ3n) is 5.69. The number of hydrogen-bond donors (Lipinski definition) is 0. The minimum atomic E-state index is -1.16. The fourth-order valence-electron chi connectivity index (χ4n) is 4.25. The van der Waals surface area contributed by atoms with Crippen molar-refractivity contribution in [2.45, 2.75) is 11.4 Å². The molecule has 3 aromatic carbocycles. The van der Waals surface area contributed by atoms with Crippen molar-refractivity contribution in [1.82, 2.24) is 4.90 Å². The van der Waals surface area contributed by atoms with Crippen molar-refractivity contribution in [2.24, 2.45) is 0 Å². The van der Waals surface area contributed by atoms with Crippen molar-refractivity contribution in [3.63, 3.8) is 0 Å². The molecule has 2 amide bonds. The first-order valence-electron chi connectivity index (χ1n) is 9.88. The summed E-state index contributed by atoms with van der Waals surface area (Å²) in [5, 5.41) is 0. The molecule has 156 valence electrons. The van der Waals surface area contributed by atoms with Gasteiger partial charge in [0.05, 0.1) is 12.2 Å². The molecule has 0 unspecified atom stereocenters. The summed E-state index contributed by atoms with van der Waals surface area (Å²) in [6, 6.07) is 18.9. The van der Waals surface area contributed by atoms with E-state index in [1.54, 1.807) is 21.9 Å². The third kappa shape index (κ3) is 3.11. The quantitative estimate of drug-likeness (QED) is 0.605. The van der Waals surface area contributed by atoms with E-state index < -0.39 is 10.7 Å². The zero-order valence-electron chi connectivity index (χ0n) is 16.4. The topological polar surface area (TPSA) is 40.6 Å². The number of amides is 2. The molecular weight excluding hydrogens is 418 g/mol. The Morgan fingerprint density at radius 1 is 0.935 bits per heavy atom. The molecule has 2 heterocycles. The molecule has 2 aliphatic rings. The Hall–Kier alpha value is -3.19. The first kappa shape index (κ1) is 19.8. The zero-order valence-corrected chi connectivity index (χ0v) is 17.2. The molecule has 1 atom stereocenters. The highest BCUT2D eigenvalue weighted by molar-refractivity contribution is 8.01. The van der Waals surface area contributed by atoms with E-state index in [9.17, 15) is 18.4 Å². The number of benzene rings is 3. The molecule has 1 saturated heterocycles. The van der Waals surface area contributed by atoms with Crippen LogP contribution in [-0.4, -0.2) is 29.0 Å². The number of hydrogen-bond acceptors (Lipinski definition) is 3. The lowest BCUT2D eigenvalue weighted by molar-refractivity contribution is -0.123. The van der Waals surface area contributed by atoms with Crippen molar-refractivity contribution in [3.8, 4) is 0 Å². The van der Waals surface area contributed by atoms with E-state index in [0.717, 1.165) is 16.8 Å². The van der Waals surface area contributed by atoms with Gasteiger partial charge in [0.25, 0.3) is 11.8 Å². The van der Waals surface area contributed by atoms with Gasteiger partial charge in [-0.1, -0.05) is 30.3 Å². The summed E-state index contributed by atoms with van der Waals surface area (Å²) in [6.45, 7) is 0.683. The second-order valence-corrected chi connectivity index (χ2v) is 8.78. The third-order valence-corrected chi connectivity index (χ3v) is 7.11. The van der Waals surface area contributed by atoms with Crippen LogP contribution in [0.3, 0.4) is 0 Å². The van der Waals surface area contributed by atoms with Gasteiger partial charge in [0, 0.05) is 23.4 Å². The first-order chi connectivity index (χ1) is 15.0. The fraction of sp³-hybridized carbons (Fsp3) is 0.167. The van der Waals surface area contributed by atoms with E-state index in [4.69, 9.17) is 0 Å². The van der Waals surface area contributed by atoms with Crippen LogP contribution in [-0.2, 0) is 16.2 Å². The van der Waals surface area contributed by atoms with Crippen LogP contribution in [0.5, 0.6) is 0 Å². The molecule has 0 saturated carbocycles. The summed E-state index contributed by atoms with van der Waals surface area (Å²) in [5.74, 6) is -0.657. The summed E-state index contributed by atoms with van der Waals surface area (Å²) in [5.41, 5.74) is 2.63. The van der Waals surface area contributed by atoms with Gasteiger partial charge >= 0.3 is 0 Å². The van der Waals surface area contributed by atoms with Gasteiger partial charge in [0.2, 0.25) is 0 Å². The Morgan fingerprint density at radius 3 is 2.29 bits per heavy atom. The van der Waals surface area contributed by atoms with E-state index in [1.165, 1.54) is 48.2 Å². The standard InChI is InChI=1S/C24H18F2N2O2S/c25-18-9-5-16(6-10-18)15-27-21-4-2-1-3-20(21)24(23(27)30)28(13-14-31-24)22(29)17-7-11-19(26)12-8-17/h1-12H,13-15H2/t24-/m1/s1. The van der Waals surface area contributed by atoms with Gasteiger partial charge in [0.15, 0.2) is 4.87 Å². The van der Waals surface area contributed by atoms with E-state index in [0.29, 0.717) is 17.9 Å². The molecule has 3 aromatic rings. The van der Waals surface area contributed by atoms with Gasteiger partial charge in [-0.2, -0.15) is 0 Å². The Balaban J connectivity index is 1.56. The van der Waals surface area contributed by atoms with E-state index in [2.05, 4.69) is 0 Å². The number of halogens is 2. The van der Waals surface area contributed by atoms with Crippen LogP contribution in [0.2, 0.25) is 0 Å². The number of para-hydroxylation sites is 1. The Morgan fingerprint density at radius 2 is 1.58 bits per heavy atom. The largest absolute Gasteiger partial charge is 0.311 e. The Kier molecular flexibility index (Phi) is 4.78. The summed E-state index contributed by atoms with van der Waals surface area (Å²) in [6.07, 6.45) is 0. The van der Waals surface area contributed by atoms with Crippen molar-refractivity contribution < 1.29 is 18.4 Å². The second kappa shape index (κ2) is 7.50. The lowest BCUT2D eigenvalue weighted by Gasteiger charge is -2.33. The lowest BCUT2D eigenvalue weighted by Crippen LogP contribution is -2.50. The number of carbonyl (C=O) groups excluding carboxylic acids is 2. The van der Waals surface area contributed by atoms with Crippen LogP contribution in [0, 0.1) is 11.6 Å². The van der Waals surface area contributed by atoms with Crippen molar-refractivity contribution in [3.05, 3.63) is 101 Å². The van der Waals surface area contributed by atoms with Crippen LogP contribution in [0.15, 0.2) is 72.8 Å². The molecule has 5 rings (SSSR count). The highest BCUT2D eigenvalue weighted by Gasteiger charge is 2.59. The number of carbonyl (C=O) groups is 2. The maximum atomic E-state index is 13.8. The zero-order chi connectivity index (χ0) is 21.6. The second-order valence-electron chi connectivity index (χ2n) is 7.49. The van der Waals surface area contributed by atoms with Crippen molar-refractivity contribution in [2.75, 3.05) is 17.2 Å². The van der Waals surface area contributed by atoms with Gasteiger partial charge in [-0.05, 0) is 48.0 Å². The van der Waals surface area contributed by atoms with Gasteiger partial charge in [-0.3, -0.25) is 9.59 Å². The molecule has 0 N–H and O–H groups in total. The summed E-state index contributed by atoms with van der Waals surface area (Å²) in [4.78, 5) is 29.3. The monoisotopic (exact) mass is 436 g/mol. The molecule has 0 radical (unpaired) electrons. The maximum Gasteiger partial charge on any atom is 0.268 e. The van der Waals surface area contributed by atoms with E-state index in [1.807, 2.05) is 24.3 Å². The SMILES string of the molecule is O=C(c1ccc(F)cc1)N1CCS[C@]12C(=O)N(Cc1ccc(F)cc1)c1ccccc12. The molecule has 1 spiro atoms. The van der Waals surface area contributed by atoms with Crippen molar-refractivity contribution in [1.29, 1.82) is 0 Å². The Labute approximate surface area is 182 Å². The van der Waals surface area contributed by atoms with Crippen LogP contribution in [0.25, 0.3) is 0 Å².